The molecule has 1 unspecified atom stereocenters. The van der Waals surface area contributed by atoms with Crippen molar-refractivity contribution in [2.45, 2.75) is 51.6 Å². The summed E-state index contributed by atoms with van der Waals surface area (Å²) in [4.78, 5) is 0. The summed E-state index contributed by atoms with van der Waals surface area (Å²) >= 11 is 0. The molecule has 0 aromatic heterocycles. The molecule has 0 N–H and O–H groups in total. The van der Waals surface area contributed by atoms with E-state index in [-0.39, 0.29) is 6.10 Å². The Morgan fingerprint density at radius 3 is 2.42 bits per heavy atom. The van der Waals surface area contributed by atoms with Gasteiger partial charge in [0.2, 0.25) is 0 Å². The Bertz CT molecular complexity index is 619. The standard InChI is InChI=1S/C21H26O3/c1-21(2)23-16-20(24-21)10-6-9-17-11-13-19(14-12-17)22-15-18-7-4-3-5-8-18/h3-5,7-8,11-14,20H,6,9-10,15-16H2,1-2H3. The highest BCUT2D eigenvalue weighted by Crippen LogP contribution is 2.25. The summed E-state index contributed by atoms with van der Waals surface area (Å²) in [7, 11) is 0. The molecule has 1 aliphatic rings. The maximum atomic E-state index is 5.84. The number of rotatable bonds is 7. The van der Waals surface area contributed by atoms with E-state index in [4.69, 9.17) is 14.2 Å². The van der Waals surface area contributed by atoms with Gasteiger partial charge in [-0.05, 0) is 56.4 Å². The van der Waals surface area contributed by atoms with Crippen molar-refractivity contribution in [3.63, 3.8) is 0 Å². The van der Waals surface area contributed by atoms with Crippen molar-refractivity contribution in [1.29, 1.82) is 0 Å². The Morgan fingerprint density at radius 2 is 1.75 bits per heavy atom. The fourth-order valence-corrected chi connectivity index (χ4v) is 2.93. The zero-order valence-electron chi connectivity index (χ0n) is 14.5. The molecule has 0 saturated carbocycles. The van der Waals surface area contributed by atoms with Crippen LogP contribution in [0.25, 0.3) is 0 Å². The molecule has 1 atom stereocenters. The summed E-state index contributed by atoms with van der Waals surface area (Å²) in [5.74, 6) is 0.499. The van der Waals surface area contributed by atoms with E-state index in [0.717, 1.165) is 25.0 Å². The number of ether oxygens (including phenoxy) is 3. The lowest BCUT2D eigenvalue weighted by atomic mass is 10.1. The van der Waals surface area contributed by atoms with Crippen LogP contribution in [0, 0.1) is 0 Å². The van der Waals surface area contributed by atoms with Crippen LogP contribution in [0.1, 0.15) is 37.8 Å². The van der Waals surface area contributed by atoms with Crippen molar-refractivity contribution >= 4 is 0 Å². The molecule has 1 heterocycles. The van der Waals surface area contributed by atoms with Crippen LogP contribution < -0.4 is 4.74 Å². The third kappa shape index (κ3) is 5.08. The maximum absolute atomic E-state index is 5.84. The summed E-state index contributed by atoms with van der Waals surface area (Å²) in [5, 5.41) is 0. The molecular formula is C21H26O3. The molecule has 3 heteroatoms. The van der Waals surface area contributed by atoms with E-state index < -0.39 is 5.79 Å². The first-order chi connectivity index (χ1) is 11.6. The van der Waals surface area contributed by atoms with Crippen molar-refractivity contribution in [1.82, 2.24) is 0 Å². The van der Waals surface area contributed by atoms with Crippen LogP contribution in [0.4, 0.5) is 0 Å². The highest BCUT2D eigenvalue weighted by molar-refractivity contribution is 5.27. The minimum Gasteiger partial charge on any atom is -0.489 e. The second-order valence-electron chi connectivity index (χ2n) is 6.76. The monoisotopic (exact) mass is 326 g/mol. The molecule has 2 aromatic rings. The zero-order valence-corrected chi connectivity index (χ0v) is 14.5. The van der Waals surface area contributed by atoms with Gasteiger partial charge in [0.15, 0.2) is 5.79 Å². The molecule has 3 rings (SSSR count). The van der Waals surface area contributed by atoms with Crippen molar-refractivity contribution in [2.75, 3.05) is 6.61 Å². The number of hydrogen-bond donors (Lipinski definition) is 0. The van der Waals surface area contributed by atoms with E-state index in [1.54, 1.807) is 0 Å². The van der Waals surface area contributed by atoms with Crippen molar-refractivity contribution in [3.05, 3.63) is 65.7 Å². The fourth-order valence-electron chi connectivity index (χ4n) is 2.93. The lowest BCUT2D eigenvalue weighted by Gasteiger charge is -2.17. The summed E-state index contributed by atoms with van der Waals surface area (Å²) in [5.41, 5.74) is 2.52. The van der Waals surface area contributed by atoms with E-state index >= 15 is 0 Å². The molecule has 2 aromatic carbocycles. The molecule has 0 spiro atoms. The summed E-state index contributed by atoms with van der Waals surface area (Å²) in [6.07, 6.45) is 3.43. The molecule has 1 fully saturated rings. The highest BCUT2D eigenvalue weighted by Gasteiger charge is 2.31. The molecule has 0 bridgehead atoms. The molecular weight excluding hydrogens is 300 g/mol. The second-order valence-corrected chi connectivity index (χ2v) is 6.76. The third-order valence-electron chi connectivity index (χ3n) is 4.23. The lowest BCUT2D eigenvalue weighted by molar-refractivity contribution is -0.139. The predicted octanol–water partition coefficient (Wildman–Crippen LogP) is 4.74. The van der Waals surface area contributed by atoms with Gasteiger partial charge >= 0.3 is 0 Å². The Balaban J connectivity index is 1.40. The van der Waals surface area contributed by atoms with E-state index in [1.807, 2.05) is 32.0 Å². The highest BCUT2D eigenvalue weighted by atomic mass is 16.7. The van der Waals surface area contributed by atoms with Gasteiger partial charge in [-0.2, -0.15) is 0 Å². The predicted molar refractivity (Wildman–Crippen MR) is 95.1 cm³/mol. The van der Waals surface area contributed by atoms with E-state index in [9.17, 15) is 0 Å². The SMILES string of the molecule is CC1(C)OCC(CCCc2ccc(OCc3ccccc3)cc2)O1. The molecule has 1 aliphatic heterocycles. The fraction of sp³-hybridized carbons (Fsp3) is 0.429. The quantitative estimate of drug-likeness (QED) is 0.735. The van der Waals surface area contributed by atoms with Crippen molar-refractivity contribution in [2.24, 2.45) is 0 Å². The second kappa shape index (κ2) is 7.82. The van der Waals surface area contributed by atoms with Crippen LogP contribution in [0.2, 0.25) is 0 Å². The number of benzene rings is 2. The van der Waals surface area contributed by atoms with Gasteiger partial charge < -0.3 is 14.2 Å². The van der Waals surface area contributed by atoms with Crippen molar-refractivity contribution < 1.29 is 14.2 Å². The number of aryl methyl sites for hydroxylation is 1. The van der Waals surface area contributed by atoms with Gasteiger partial charge in [-0.3, -0.25) is 0 Å². The van der Waals surface area contributed by atoms with Gasteiger partial charge in [0.25, 0.3) is 0 Å². The van der Waals surface area contributed by atoms with E-state index in [2.05, 4.69) is 36.4 Å². The van der Waals surface area contributed by atoms with E-state index in [0.29, 0.717) is 13.2 Å². The Labute approximate surface area is 144 Å². The van der Waals surface area contributed by atoms with Gasteiger partial charge in [0.05, 0.1) is 12.7 Å². The van der Waals surface area contributed by atoms with Crippen LogP contribution in [-0.4, -0.2) is 18.5 Å². The molecule has 24 heavy (non-hydrogen) atoms. The van der Waals surface area contributed by atoms with Gasteiger partial charge in [0.1, 0.15) is 12.4 Å². The summed E-state index contributed by atoms with van der Waals surface area (Å²) < 4.78 is 17.3. The third-order valence-corrected chi connectivity index (χ3v) is 4.23. The topological polar surface area (TPSA) is 27.7 Å². The average molecular weight is 326 g/mol. The summed E-state index contributed by atoms with van der Waals surface area (Å²) in [6, 6.07) is 18.6. The Morgan fingerprint density at radius 1 is 1.00 bits per heavy atom. The van der Waals surface area contributed by atoms with Crippen LogP contribution in [0.3, 0.4) is 0 Å². The summed E-state index contributed by atoms with van der Waals surface area (Å²) in [6.45, 7) is 5.26. The van der Waals surface area contributed by atoms with Crippen LogP contribution in [0.15, 0.2) is 54.6 Å². The van der Waals surface area contributed by atoms with Gasteiger partial charge in [-0.15, -0.1) is 0 Å². The smallest absolute Gasteiger partial charge is 0.163 e. The first-order valence-corrected chi connectivity index (χ1v) is 8.68. The molecule has 3 nitrogen and oxygen atoms in total. The number of hydrogen-bond acceptors (Lipinski definition) is 3. The minimum atomic E-state index is -0.414. The van der Waals surface area contributed by atoms with E-state index in [1.165, 1.54) is 11.1 Å². The van der Waals surface area contributed by atoms with Gasteiger partial charge in [-0.25, -0.2) is 0 Å². The normalized spacial score (nSPS) is 19.3. The molecule has 1 saturated heterocycles. The molecule has 0 aliphatic carbocycles. The van der Waals surface area contributed by atoms with Gasteiger partial charge in [-0.1, -0.05) is 42.5 Å². The lowest BCUT2D eigenvalue weighted by Crippen LogP contribution is -2.21. The first-order valence-electron chi connectivity index (χ1n) is 8.68. The Hall–Kier alpha value is -1.84. The van der Waals surface area contributed by atoms with Gasteiger partial charge in [0, 0.05) is 0 Å². The molecule has 0 radical (unpaired) electrons. The molecule has 128 valence electrons. The largest absolute Gasteiger partial charge is 0.489 e. The van der Waals surface area contributed by atoms with Crippen LogP contribution in [-0.2, 0) is 22.5 Å². The Kier molecular flexibility index (Phi) is 5.54. The zero-order chi connectivity index (χ0) is 16.8. The average Bonchev–Trinajstić information content (AvgIpc) is 2.94. The molecule has 0 amide bonds. The van der Waals surface area contributed by atoms with Crippen LogP contribution >= 0.6 is 0 Å². The van der Waals surface area contributed by atoms with Crippen molar-refractivity contribution in [3.8, 4) is 5.75 Å². The maximum Gasteiger partial charge on any atom is 0.163 e. The minimum absolute atomic E-state index is 0.230. The van der Waals surface area contributed by atoms with Crippen LogP contribution in [0.5, 0.6) is 5.75 Å². The first kappa shape index (κ1) is 17.0.